The molecule has 0 unspecified atom stereocenters. The van der Waals surface area contributed by atoms with Gasteiger partial charge in [-0.1, -0.05) is 25.8 Å². The van der Waals surface area contributed by atoms with Gasteiger partial charge in [0.15, 0.2) is 0 Å². The summed E-state index contributed by atoms with van der Waals surface area (Å²) in [5.74, 6) is -2.71. The molecule has 132 valence electrons. The molecular weight excluding hydrogens is 329 g/mol. The minimum atomic E-state index is -0.980. The van der Waals surface area contributed by atoms with Crippen molar-refractivity contribution in [3.05, 3.63) is 65.0 Å². The van der Waals surface area contributed by atoms with Gasteiger partial charge >= 0.3 is 5.97 Å². The average molecular weight is 348 g/mol. The molecule has 2 nitrogen and oxygen atoms in total. The average Bonchev–Trinajstić information content (AvgIpc) is 2.54. The quantitative estimate of drug-likeness (QED) is 0.532. The Kier molecular flexibility index (Phi) is 5.11. The van der Waals surface area contributed by atoms with Crippen molar-refractivity contribution in [1.82, 2.24) is 0 Å². The molecule has 0 spiro atoms. The van der Waals surface area contributed by atoms with Gasteiger partial charge in [0.2, 0.25) is 0 Å². The second kappa shape index (κ2) is 7.30. The Morgan fingerprint density at radius 1 is 0.960 bits per heavy atom. The van der Waals surface area contributed by atoms with Crippen LogP contribution in [0.5, 0.6) is 5.75 Å². The summed E-state index contributed by atoms with van der Waals surface area (Å²) in [6.45, 7) is 2.21. The molecular formula is C20H19F3O2. The van der Waals surface area contributed by atoms with Crippen molar-refractivity contribution in [1.29, 1.82) is 0 Å². The molecule has 0 aromatic heterocycles. The van der Waals surface area contributed by atoms with Crippen molar-refractivity contribution >= 4 is 5.97 Å². The topological polar surface area (TPSA) is 26.3 Å². The van der Waals surface area contributed by atoms with E-state index >= 15 is 0 Å². The fourth-order valence-electron chi connectivity index (χ4n) is 3.29. The van der Waals surface area contributed by atoms with Crippen LogP contribution in [0.1, 0.15) is 54.4 Å². The van der Waals surface area contributed by atoms with Crippen molar-refractivity contribution < 1.29 is 22.7 Å². The van der Waals surface area contributed by atoms with Crippen LogP contribution in [-0.2, 0) is 0 Å². The normalized spacial score (nSPS) is 20.3. The van der Waals surface area contributed by atoms with Crippen LogP contribution in [0.15, 0.2) is 36.4 Å². The third-order valence-corrected chi connectivity index (χ3v) is 4.75. The van der Waals surface area contributed by atoms with E-state index in [1.807, 2.05) is 0 Å². The van der Waals surface area contributed by atoms with E-state index in [-0.39, 0.29) is 11.3 Å². The van der Waals surface area contributed by atoms with Gasteiger partial charge in [0.05, 0.1) is 5.56 Å². The maximum absolute atomic E-state index is 14.3. The zero-order chi connectivity index (χ0) is 18.0. The maximum atomic E-state index is 14.3. The Bertz CT molecular complexity index is 760. The lowest BCUT2D eigenvalue weighted by Crippen LogP contribution is -2.14. The van der Waals surface area contributed by atoms with Crippen molar-refractivity contribution in [3.8, 4) is 5.75 Å². The van der Waals surface area contributed by atoms with E-state index < -0.39 is 23.4 Å². The summed E-state index contributed by atoms with van der Waals surface area (Å²) in [6.07, 6.45) is 4.24. The zero-order valence-electron chi connectivity index (χ0n) is 13.9. The van der Waals surface area contributed by atoms with Gasteiger partial charge in [0.25, 0.3) is 0 Å². The lowest BCUT2D eigenvalue weighted by molar-refractivity contribution is 0.0729. The number of ether oxygens (including phenoxy) is 1. The number of benzene rings is 2. The summed E-state index contributed by atoms with van der Waals surface area (Å²) in [4.78, 5) is 12.1. The Balaban J connectivity index is 1.75. The molecule has 0 saturated heterocycles. The van der Waals surface area contributed by atoms with Crippen LogP contribution < -0.4 is 4.74 Å². The maximum Gasteiger partial charge on any atom is 0.346 e. The number of halogens is 3. The van der Waals surface area contributed by atoms with Gasteiger partial charge in [-0.2, -0.15) is 0 Å². The van der Waals surface area contributed by atoms with Crippen LogP contribution >= 0.6 is 0 Å². The van der Waals surface area contributed by atoms with E-state index in [1.165, 1.54) is 12.1 Å². The van der Waals surface area contributed by atoms with Gasteiger partial charge in [-0.25, -0.2) is 18.0 Å². The molecule has 5 heteroatoms. The number of carbonyl (C=O) groups excluding carboxylic acids is 1. The molecule has 0 atom stereocenters. The minimum Gasteiger partial charge on any atom is -0.423 e. The third-order valence-electron chi connectivity index (χ3n) is 4.75. The highest BCUT2D eigenvalue weighted by atomic mass is 19.1. The van der Waals surface area contributed by atoms with Crippen LogP contribution in [0.3, 0.4) is 0 Å². The number of carbonyl (C=O) groups is 1. The molecule has 0 radical (unpaired) electrons. The Morgan fingerprint density at radius 3 is 2.20 bits per heavy atom. The first-order chi connectivity index (χ1) is 11.9. The fourth-order valence-corrected chi connectivity index (χ4v) is 3.29. The molecule has 0 bridgehead atoms. The molecule has 0 N–H and O–H groups in total. The van der Waals surface area contributed by atoms with Crippen LogP contribution in [0, 0.1) is 23.4 Å². The van der Waals surface area contributed by atoms with Crippen molar-refractivity contribution in [2.24, 2.45) is 5.92 Å². The summed E-state index contributed by atoms with van der Waals surface area (Å²) in [5.41, 5.74) is 0.621. The number of rotatable bonds is 3. The Morgan fingerprint density at radius 2 is 1.60 bits per heavy atom. The van der Waals surface area contributed by atoms with Crippen molar-refractivity contribution in [2.45, 2.75) is 38.5 Å². The molecule has 1 fully saturated rings. The van der Waals surface area contributed by atoms with E-state index in [1.54, 1.807) is 6.07 Å². The summed E-state index contributed by atoms with van der Waals surface area (Å²) in [5, 5.41) is 0. The van der Waals surface area contributed by atoms with Gasteiger partial charge in [-0.3, -0.25) is 0 Å². The molecule has 2 aromatic rings. The Hall–Kier alpha value is -2.30. The molecule has 0 aliphatic heterocycles. The molecule has 0 heterocycles. The van der Waals surface area contributed by atoms with Crippen LogP contribution in [0.25, 0.3) is 0 Å². The zero-order valence-corrected chi connectivity index (χ0v) is 13.9. The summed E-state index contributed by atoms with van der Waals surface area (Å²) in [6, 6.07) is 6.88. The van der Waals surface area contributed by atoms with Crippen molar-refractivity contribution in [3.63, 3.8) is 0 Å². The monoisotopic (exact) mass is 348 g/mol. The molecule has 1 aliphatic carbocycles. The highest BCUT2D eigenvalue weighted by molar-refractivity contribution is 5.91. The summed E-state index contributed by atoms with van der Waals surface area (Å²) in [7, 11) is 0. The van der Waals surface area contributed by atoms with E-state index in [9.17, 15) is 18.0 Å². The summed E-state index contributed by atoms with van der Waals surface area (Å²) < 4.78 is 45.5. The minimum absolute atomic E-state index is 0.252. The smallest absolute Gasteiger partial charge is 0.346 e. The van der Waals surface area contributed by atoms with E-state index in [0.717, 1.165) is 43.4 Å². The van der Waals surface area contributed by atoms with E-state index in [2.05, 4.69) is 6.92 Å². The van der Waals surface area contributed by atoms with Crippen LogP contribution in [0.2, 0.25) is 0 Å². The standard InChI is InChI=1S/C20H19F3O2/c1-12-2-4-13(5-3-12)14-6-7-18(19(23)8-14)20(24)25-17-10-15(21)9-16(22)11-17/h6-13H,2-5H2,1H3. The molecule has 3 rings (SSSR count). The highest BCUT2D eigenvalue weighted by Crippen LogP contribution is 2.36. The van der Waals surface area contributed by atoms with Gasteiger partial charge in [0, 0.05) is 18.2 Å². The number of esters is 1. The molecule has 2 aromatic carbocycles. The predicted molar refractivity (Wildman–Crippen MR) is 88.1 cm³/mol. The lowest BCUT2D eigenvalue weighted by Gasteiger charge is -2.26. The Labute approximate surface area is 144 Å². The number of hydrogen-bond acceptors (Lipinski definition) is 2. The van der Waals surface area contributed by atoms with Crippen LogP contribution in [0.4, 0.5) is 13.2 Å². The molecule has 1 saturated carbocycles. The van der Waals surface area contributed by atoms with Gasteiger partial charge in [0.1, 0.15) is 23.2 Å². The summed E-state index contributed by atoms with van der Waals surface area (Å²) >= 11 is 0. The van der Waals surface area contributed by atoms with E-state index in [0.29, 0.717) is 17.9 Å². The molecule has 0 amide bonds. The third kappa shape index (κ3) is 4.21. The van der Waals surface area contributed by atoms with Gasteiger partial charge in [-0.15, -0.1) is 0 Å². The molecule has 25 heavy (non-hydrogen) atoms. The SMILES string of the molecule is CC1CCC(c2ccc(C(=O)Oc3cc(F)cc(F)c3)c(F)c2)CC1. The van der Waals surface area contributed by atoms with E-state index in [4.69, 9.17) is 4.74 Å². The highest BCUT2D eigenvalue weighted by Gasteiger charge is 2.22. The molecule has 1 aliphatic rings. The number of hydrogen-bond donors (Lipinski definition) is 0. The van der Waals surface area contributed by atoms with Crippen molar-refractivity contribution in [2.75, 3.05) is 0 Å². The van der Waals surface area contributed by atoms with Gasteiger partial charge in [-0.05, 0) is 42.4 Å². The largest absolute Gasteiger partial charge is 0.423 e. The van der Waals surface area contributed by atoms with Crippen LogP contribution in [-0.4, -0.2) is 5.97 Å². The lowest BCUT2D eigenvalue weighted by atomic mass is 9.79. The fraction of sp³-hybridized carbons (Fsp3) is 0.350. The first kappa shape index (κ1) is 17.5. The second-order valence-electron chi connectivity index (χ2n) is 6.69. The first-order valence-corrected chi connectivity index (χ1v) is 8.40. The first-order valence-electron chi connectivity index (χ1n) is 8.40. The van der Waals surface area contributed by atoms with Gasteiger partial charge < -0.3 is 4.74 Å². The second-order valence-corrected chi connectivity index (χ2v) is 6.69. The predicted octanol–water partition coefficient (Wildman–Crippen LogP) is 5.62.